The Morgan fingerprint density at radius 2 is 1.94 bits per heavy atom. The maximum atomic E-state index is 11.7. The zero-order valence-electron chi connectivity index (χ0n) is 10.2. The van der Waals surface area contributed by atoms with Crippen molar-refractivity contribution in [1.82, 2.24) is 5.32 Å². The van der Waals surface area contributed by atoms with Crippen molar-refractivity contribution in [3.05, 3.63) is 0 Å². The number of amides is 1. The van der Waals surface area contributed by atoms with Crippen LogP contribution in [0.15, 0.2) is 0 Å². The summed E-state index contributed by atoms with van der Waals surface area (Å²) >= 11 is 0. The van der Waals surface area contributed by atoms with Crippen molar-refractivity contribution in [2.45, 2.75) is 57.6 Å². The number of carbonyl (C=O) groups is 1. The van der Waals surface area contributed by atoms with E-state index in [0.717, 1.165) is 25.7 Å². The van der Waals surface area contributed by atoms with E-state index in [9.17, 15) is 9.90 Å². The smallest absolute Gasteiger partial charge is 0.223 e. The van der Waals surface area contributed by atoms with E-state index in [2.05, 4.69) is 5.32 Å². The maximum absolute atomic E-state index is 11.7. The van der Waals surface area contributed by atoms with Crippen LogP contribution < -0.4 is 5.32 Å². The number of nitrogens with one attached hydrogen (secondary N) is 1. The van der Waals surface area contributed by atoms with Gasteiger partial charge in [-0.05, 0) is 25.7 Å². The fourth-order valence-corrected chi connectivity index (χ4v) is 2.11. The van der Waals surface area contributed by atoms with Gasteiger partial charge in [-0.15, -0.1) is 0 Å². The van der Waals surface area contributed by atoms with Crippen LogP contribution in [0.3, 0.4) is 0 Å². The third-order valence-corrected chi connectivity index (χ3v) is 3.55. The summed E-state index contributed by atoms with van der Waals surface area (Å²) in [5.41, 5.74) is -0.785. The van der Waals surface area contributed by atoms with E-state index in [1.54, 1.807) is 0 Å². The summed E-state index contributed by atoms with van der Waals surface area (Å²) in [5.74, 6) is -0.0700. The first kappa shape index (κ1) is 13.5. The predicted octanol–water partition coefficient (Wildman–Crippen LogP) is 0.815. The summed E-state index contributed by atoms with van der Waals surface area (Å²) in [7, 11) is 0. The van der Waals surface area contributed by atoms with Gasteiger partial charge in [0, 0.05) is 12.6 Å². The zero-order chi connectivity index (χ0) is 12.2. The van der Waals surface area contributed by atoms with Gasteiger partial charge in [0.05, 0.1) is 12.0 Å². The number of hydrogen-bond donors (Lipinski definition) is 3. The molecule has 2 atom stereocenters. The van der Waals surface area contributed by atoms with Crippen LogP contribution in [-0.4, -0.2) is 34.4 Å². The number of hydrogen-bond acceptors (Lipinski definition) is 3. The summed E-state index contributed by atoms with van der Waals surface area (Å²) in [6.45, 7) is 3.82. The van der Waals surface area contributed by atoms with Gasteiger partial charge in [0.25, 0.3) is 0 Å². The molecule has 4 nitrogen and oxygen atoms in total. The van der Waals surface area contributed by atoms with Crippen LogP contribution in [0, 0.1) is 5.92 Å². The second-order valence-corrected chi connectivity index (χ2v) is 5.12. The van der Waals surface area contributed by atoms with E-state index < -0.39 is 5.60 Å². The van der Waals surface area contributed by atoms with Crippen LogP contribution in [0.5, 0.6) is 0 Å². The molecule has 1 rings (SSSR count). The molecule has 0 aliphatic heterocycles. The van der Waals surface area contributed by atoms with Crippen molar-refractivity contribution in [3.8, 4) is 0 Å². The Hall–Kier alpha value is -0.610. The van der Waals surface area contributed by atoms with Crippen molar-refractivity contribution >= 4 is 5.91 Å². The first-order valence-corrected chi connectivity index (χ1v) is 6.09. The topological polar surface area (TPSA) is 69.6 Å². The Morgan fingerprint density at radius 3 is 2.44 bits per heavy atom. The molecule has 1 fully saturated rings. The van der Waals surface area contributed by atoms with Crippen LogP contribution in [0.4, 0.5) is 0 Å². The van der Waals surface area contributed by atoms with Gasteiger partial charge >= 0.3 is 0 Å². The van der Waals surface area contributed by atoms with E-state index in [-0.39, 0.29) is 30.9 Å². The minimum atomic E-state index is -0.785. The lowest BCUT2D eigenvalue weighted by molar-refractivity contribution is -0.126. The van der Waals surface area contributed by atoms with Crippen LogP contribution in [-0.2, 0) is 4.79 Å². The minimum Gasteiger partial charge on any atom is -0.396 e. The lowest BCUT2D eigenvalue weighted by atomic mass is 9.97. The van der Waals surface area contributed by atoms with E-state index in [4.69, 9.17) is 5.11 Å². The van der Waals surface area contributed by atoms with Crippen molar-refractivity contribution in [1.29, 1.82) is 0 Å². The second-order valence-electron chi connectivity index (χ2n) is 5.12. The standard InChI is InChI=1S/C12H23NO3/c1-9(8-14)10(2)13-11(15)7-12(16)5-3-4-6-12/h9-10,14,16H,3-8H2,1-2H3,(H,13,15). The molecule has 0 spiro atoms. The van der Waals surface area contributed by atoms with Crippen molar-refractivity contribution in [2.24, 2.45) is 5.92 Å². The molecule has 0 aromatic carbocycles. The molecular formula is C12H23NO3. The summed E-state index contributed by atoms with van der Waals surface area (Å²) < 4.78 is 0. The molecule has 4 heteroatoms. The molecule has 1 amide bonds. The van der Waals surface area contributed by atoms with Crippen LogP contribution in [0.25, 0.3) is 0 Å². The summed E-state index contributed by atoms with van der Waals surface area (Å²) in [4.78, 5) is 11.7. The van der Waals surface area contributed by atoms with E-state index >= 15 is 0 Å². The number of carbonyl (C=O) groups excluding carboxylic acids is 1. The van der Waals surface area contributed by atoms with Gasteiger partial charge in [0.15, 0.2) is 0 Å². The zero-order valence-corrected chi connectivity index (χ0v) is 10.2. The highest BCUT2D eigenvalue weighted by Gasteiger charge is 2.33. The van der Waals surface area contributed by atoms with Crippen LogP contribution >= 0.6 is 0 Å². The molecular weight excluding hydrogens is 206 g/mol. The minimum absolute atomic E-state index is 0.0437. The summed E-state index contributed by atoms with van der Waals surface area (Å²) in [6, 6.07) is -0.0532. The second kappa shape index (κ2) is 5.64. The molecule has 94 valence electrons. The van der Waals surface area contributed by atoms with E-state index in [1.165, 1.54) is 0 Å². The van der Waals surface area contributed by atoms with Gasteiger partial charge in [-0.2, -0.15) is 0 Å². The molecule has 1 aliphatic rings. The lowest BCUT2D eigenvalue weighted by Gasteiger charge is -2.24. The molecule has 3 N–H and O–H groups in total. The molecule has 2 unspecified atom stereocenters. The number of aliphatic hydroxyl groups excluding tert-OH is 1. The average Bonchev–Trinajstić information content (AvgIpc) is 2.62. The normalized spacial score (nSPS) is 22.8. The Kier molecular flexibility index (Phi) is 4.74. The van der Waals surface area contributed by atoms with Crippen molar-refractivity contribution < 1.29 is 15.0 Å². The molecule has 0 heterocycles. The summed E-state index contributed by atoms with van der Waals surface area (Å²) in [5, 5.41) is 21.8. The highest BCUT2D eigenvalue weighted by atomic mass is 16.3. The van der Waals surface area contributed by atoms with Gasteiger partial charge in [0.2, 0.25) is 5.91 Å². The van der Waals surface area contributed by atoms with Crippen molar-refractivity contribution in [2.75, 3.05) is 6.61 Å². The first-order chi connectivity index (χ1) is 7.47. The van der Waals surface area contributed by atoms with Crippen molar-refractivity contribution in [3.63, 3.8) is 0 Å². The van der Waals surface area contributed by atoms with Crippen LogP contribution in [0.2, 0.25) is 0 Å². The third kappa shape index (κ3) is 3.76. The Labute approximate surface area is 97.0 Å². The maximum Gasteiger partial charge on any atom is 0.223 e. The Morgan fingerprint density at radius 1 is 1.38 bits per heavy atom. The Bertz CT molecular complexity index is 236. The van der Waals surface area contributed by atoms with Gasteiger partial charge in [-0.25, -0.2) is 0 Å². The van der Waals surface area contributed by atoms with Crippen LogP contribution in [0.1, 0.15) is 46.0 Å². The largest absolute Gasteiger partial charge is 0.396 e. The predicted molar refractivity (Wildman–Crippen MR) is 61.9 cm³/mol. The Balaban J connectivity index is 2.35. The quantitative estimate of drug-likeness (QED) is 0.653. The molecule has 1 saturated carbocycles. The molecule has 0 saturated heterocycles. The summed E-state index contributed by atoms with van der Waals surface area (Å²) in [6.07, 6.45) is 3.66. The first-order valence-electron chi connectivity index (χ1n) is 6.09. The van der Waals surface area contributed by atoms with Gasteiger partial charge < -0.3 is 15.5 Å². The molecule has 16 heavy (non-hydrogen) atoms. The van der Waals surface area contributed by atoms with E-state index in [1.807, 2.05) is 13.8 Å². The fourth-order valence-electron chi connectivity index (χ4n) is 2.11. The van der Waals surface area contributed by atoms with Gasteiger partial charge in [-0.1, -0.05) is 19.8 Å². The molecule has 1 aliphatic carbocycles. The highest BCUT2D eigenvalue weighted by molar-refractivity contribution is 5.77. The van der Waals surface area contributed by atoms with E-state index in [0.29, 0.717) is 0 Å². The lowest BCUT2D eigenvalue weighted by Crippen LogP contribution is -2.42. The van der Waals surface area contributed by atoms with Gasteiger partial charge in [0.1, 0.15) is 0 Å². The van der Waals surface area contributed by atoms with Gasteiger partial charge in [-0.3, -0.25) is 4.79 Å². The monoisotopic (exact) mass is 229 g/mol. The SMILES string of the molecule is CC(CO)C(C)NC(=O)CC1(O)CCCC1. The molecule has 0 bridgehead atoms. The molecule has 0 radical (unpaired) electrons. The fraction of sp³-hybridized carbons (Fsp3) is 0.917. The highest BCUT2D eigenvalue weighted by Crippen LogP contribution is 2.32. The third-order valence-electron chi connectivity index (χ3n) is 3.55. The number of rotatable bonds is 5. The number of aliphatic hydroxyl groups is 2. The molecule has 0 aromatic heterocycles. The molecule has 0 aromatic rings. The average molecular weight is 229 g/mol.